The third-order valence-corrected chi connectivity index (χ3v) is 4.92. The molecule has 148 valence electrons. The number of carbonyl (C=O) groups is 2. The molecule has 3 heterocycles. The van der Waals surface area contributed by atoms with Gasteiger partial charge in [0.1, 0.15) is 12.4 Å². The number of carbonyl (C=O) groups excluding carboxylic acids is 1. The molecule has 1 aliphatic heterocycles. The monoisotopic (exact) mass is 392 g/mol. The van der Waals surface area contributed by atoms with Crippen LogP contribution in [0.5, 0.6) is 0 Å². The Bertz CT molecular complexity index is 1090. The third-order valence-electron chi connectivity index (χ3n) is 4.92. The average Bonchev–Trinajstić information content (AvgIpc) is 3.02. The van der Waals surface area contributed by atoms with Gasteiger partial charge in [-0.3, -0.25) is 9.59 Å². The first kappa shape index (κ1) is 18.6. The van der Waals surface area contributed by atoms with Crippen molar-refractivity contribution in [2.45, 2.75) is 26.2 Å². The molecule has 0 saturated heterocycles. The molecule has 1 unspecified atom stereocenters. The van der Waals surface area contributed by atoms with Crippen molar-refractivity contribution in [1.29, 1.82) is 0 Å². The van der Waals surface area contributed by atoms with Crippen LogP contribution >= 0.6 is 0 Å². The molecule has 0 bridgehead atoms. The lowest BCUT2D eigenvalue weighted by Gasteiger charge is -2.24. The molecule has 9 nitrogen and oxygen atoms in total. The molecule has 9 heteroatoms. The maximum atomic E-state index is 12.5. The van der Waals surface area contributed by atoms with Gasteiger partial charge in [-0.05, 0) is 31.0 Å². The van der Waals surface area contributed by atoms with E-state index in [-0.39, 0.29) is 30.7 Å². The predicted octanol–water partition coefficient (Wildman–Crippen LogP) is 2.25. The lowest BCUT2D eigenvalue weighted by Crippen LogP contribution is -2.25. The number of aromatic nitrogens is 4. The van der Waals surface area contributed by atoms with Gasteiger partial charge in [-0.15, -0.1) is 0 Å². The van der Waals surface area contributed by atoms with Crippen LogP contribution < -0.4 is 10.6 Å². The van der Waals surface area contributed by atoms with Crippen molar-refractivity contribution < 1.29 is 14.7 Å². The number of aryl methyl sites for hydroxylation is 2. The number of carboxylic acids is 1. The third kappa shape index (κ3) is 3.54. The van der Waals surface area contributed by atoms with Crippen LogP contribution in [0.25, 0.3) is 5.69 Å². The van der Waals surface area contributed by atoms with E-state index < -0.39 is 5.97 Å². The minimum absolute atomic E-state index is 0.106. The van der Waals surface area contributed by atoms with Crippen molar-refractivity contribution in [2.75, 3.05) is 17.2 Å². The quantitative estimate of drug-likeness (QED) is 0.609. The summed E-state index contributed by atoms with van der Waals surface area (Å²) >= 11 is 0. The number of rotatable bonds is 5. The second kappa shape index (κ2) is 7.34. The Morgan fingerprint density at radius 3 is 2.69 bits per heavy atom. The van der Waals surface area contributed by atoms with Crippen molar-refractivity contribution in [3.63, 3.8) is 0 Å². The SMILES string of the molecule is Cc1ccccc1-n1nc(C)c2c1NC(=O)CC2c1cnc(NCC(=O)O)nc1. The largest absolute Gasteiger partial charge is 0.480 e. The van der Waals surface area contributed by atoms with Crippen LogP contribution in [-0.4, -0.2) is 43.3 Å². The van der Waals surface area contributed by atoms with E-state index in [1.54, 1.807) is 17.1 Å². The number of hydrogen-bond donors (Lipinski definition) is 3. The van der Waals surface area contributed by atoms with Crippen LogP contribution in [0, 0.1) is 13.8 Å². The van der Waals surface area contributed by atoms with Gasteiger partial charge in [-0.2, -0.15) is 5.10 Å². The maximum absolute atomic E-state index is 12.5. The number of nitrogens with zero attached hydrogens (tertiary/aromatic N) is 4. The first-order chi connectivity index (χ1) is 13.9. The molecule has 1 aromatic carbocycles. The van der Waals surface area contributed by atoms with Crippen LogP contribution in [0.15, 0.2) is 36.7 Å². The summed E-state index contributed by atoms with van der Waals surface area (Å²) in [5.74, 6) is -0.448. The van der Waals surface area contributed by atoms with Crippen molar-refractivity contribution in [3.8, 4) is 5.69 Å². The van der Waals surface area contributed by atoms with Gasteiger partial charge >= 0.3 is 5.97 Å². The van der Waals surface area contributed by atoms with Gasteiger partial charge in [0.2, 0.25) is 11.9 Å². The molecule has 1 aliphatic rings. The van der Waals surface area contributed by atoms with Crippen molar-refractivity contribution in [2.24, 2.45) is 0 Å². The Labute approximate surface area is 166 Å². The average molecular weight is 392 g/mol. The zero-order chi connectivity index (χ0) is 20.5. The van der Waals surface area contributed by atoms with E-state index in [2.05, 4.69) is 25.7 Å². The first-order valence-corrected chi connectivity index (χ1v) is 9.17. The number of aliphatic carboxylic acids is 1. The Morgan fingerprint density at radius 1 is 1.28 bits per heavy atom. The summed E-state index contributed by atoms with van der Waals surface area (Å²) in [7, 11) is 0. The zero-order valence-corrected chi connectivity index (χ0v) is 16.0. The number of para-hydroxylation sites is 1. The fourth-order valence-corrected chi connectivity index (χ4v) is 3.57. The number of hydrogen-bond acceptors (Lipinski definition) is 6. The number of anilines is 2. The van der Waals surface area contributed by atoms with Crippen LogP contribution in [0.3, 0.4) is 0 Å². The second-order valence-electron chi connectivity index (χ2n) is 6.94. The van der Waals surface area contributed by atoms with Crippen molar-refractivity contribution >= 4 is 23.6 Å². The smallest absolute Gasteiger partial charge is 0.322 e. The highest BCUT2D eigenvalue weighted by atomic mass is 16.4. The zero-order valence-electron chi connectivity index (χ0n) is 16.0. The number of carboxylic acid groups (broad SMARTS) is 1. The van der Waals surface area contributed by atoms with Gasteiger partial charge in [0.15, 0.2) is 0 Å². The summed E-state index contributed by atoms with van der Waals surface area (Å²) in [5.41, 5.74) is 4.48. The topological polar surface area (TPSA) is 122 Å². The minimum atomic E-state index is -0.995. The normalized spacial score (nSPS) is 15.5. The molecule has 4 rings (SSSR count). The molecular formula is C20H20N6O3. The Morgan fingerprint density at radius 2 is 2.00 bits per heavy atom. The molecule has 0 fully saturated rings. The molecule has 1 amide bonds. The van der Waals surface area contributed by atoms with E-state index in [9.17, 15) is 9.59 Å². The van der Waals surface area contributed by atoms with Crippen LogP contribution in [0.1, 0.15) is 34.7 Å². The van der Waals surface area contributed by atoms with Gasteiger partial charge in [0.25, 0.3) is 0 Å². The van der Waals surface area contributed by atoms with E-state index in [1.165, 1.54) is 0 Å². The molecular weight excluding hydrogens is 372 g/mol. The Balaban J connectivity index is 1.73. The van der Waals surface area contributed by atoms with E-state index in [0.29, 0.717) is 5.82 Å². The highest BCUT2D eigenvalue weighted by Crippen LogP contribution is 2.40. The summed E-state index contributed by atoms with van der Waals surface area (Å²) in [4.78, 5) is 31.5. The van der Waals surface area contributed by atoms with Crippen LogP contribution in [0.4, 0.5) is 11.8 Å². The molecule has 2 aromatic heterocycles. The number of nitrogens with one attached hydrogen (secondary N) is 2. The van der Waals surface area contributed by atoms with Gasteiger partial charge in [0.05, 0.1) is 11.4 Å². The van der Waals surface area contributed by atoms with Crippen molar-refractivity contribution in [3.05, 3.63) is 59.0 Å². The molecule has 3 aromatic rings. The van der Waals surface area contributed by atoms with Gasteiger partial charge < -0.3 is 15.7 Å². The van der Waals surface area contributed by atoms with Gasteiger partial charge in [-0.25, -0.2) is 14.6 Å². The fraction of sp³-hybridized carbons (Fsp3) is 0.250. The summed E-state index contributed by atoms with van der Waals surface area (Å²) in [6.07, 6.45) is 3.50. The Hall–Kier alpha value is -3.75. The molecule has 0 radical (unpaired) electrons. The highest BCUT2D eigenvalue weighted by molar-refractivity contribution is 5.95. The summed E-state index contributed by atoms with van der Waals surface area (Å²) in [6.45, 7) is 3.65. The van der Waals surface area contributed by atoms with Crippen LogP contribution in [0.2, 0.25) is 0 Å². The lowest BCUT2D eigenvalue weighted by molar-refractivity contribution is -0.135. The molecule has 3 N–H and O–H groups in total. The molecule has 29 heavy (non-hydrogen) atoms. The molecule has 0 spiro atoms. The summed E-state index contributed by atoms with van der Waals surface area (Å²) < 4.78 is 1.77. The highest BCUT2D eigenvalue weighted by Gasteiger charge is 2.33. The standard InChI is InChI=1S/C20H20N6O3/c1-11-5-3-4-6-15(11)26-19-18(12(2)25-26)14(7-16(27)24-19)13-8-21-20(22-9-13)23-10-17(28)29/h3-6,8-9,14H,7,10H2,1-2H3,(H,24,27)(H,28,29)(H,21,22,23). The van der Waals surface area contributed by atoms with Crippen LogP contribution in [-0.2, 0) is 9.59 Å². The lowest BCUT2D eigenvalue weighted by atomic mass is 9.87. The number of amides is 1. The predicted molar refractivity (Wildman–Crippen MR) is 106 cm³/mol. The maximum Gasteiger partial charge on any atom is 0.322 e. The van der Waals surface area contributed by atoms with E-state index in [0.717, 1.165) is 28.1 Å². The Kier molecular flexibility index (Phi) is 4.71. The second-order valence-corrected chi connectivity index (χ2v) is 6.94. The van der Waals surface area contributed by atoms with E-state index in [1.807, 2.05) is 38.1 Å². The molecule has 0 aliphatic carbocycles. The van der Waals surface area contributed by atoms with Crippen molar-refractivity contribution in [1.82, 2.24) is 19.7 Å². The minimum Gasteiger partial charge on any atom is -0.480 e. The van der Waals surface area contributed by atoms with E-state index in [4.69, 9.17) is 5.11 Å². The van der Waals surface area contributed by atoms with Gasteiger partial charge in [-0.1, -0.05) is 18.2 Å². The summed E-state index contributed by atoms with van der Waals surface area (Å²) in [6, 6.07) is 7.85. The van der Waals surface area contributed by atoms with E-state index >= 15 is 0 Å². The molecule has 0 saturated carbocycles. The van der Waals surface area contributed by atoms with Gasteiger partial charge in [0, 0.05) is 30.3 Å². The first-order valence-electron chi connectivity index (χ1n) is 9.17. The summed E-state index contributed by atoms with van der Waals surface area (Å²) in [5, 5.41) is 19.0. The number of benzene rings is 1. The molecule has 1 atom stereocenters. The number of fused-ring (bicyclic) bond motifs is 1. The fourth-order valence-electron chi connectivity index (χ4n) is 3.57.